The van der Waals surface area contributed by atoms with E-state index < -0.39 is 29.5 Å². The molecule has 6 rings (SSSR count). The Bertz CT molecular complexity index is 1710. The summed E-state index contributed by atoms with van der Waals surface area (Å²) in [6, 6.07) is 38.8. The summed E-state index contributed by atoms with van der Waals surface area (Å²) in [6.45, 7) is 10.3. The SMILES string of the molecule is C[Si](C)C1(C(=O)c2cnc3ccccc3n2)C(=O)N(C(C)(C)C)C1SC(c1ccccc1)(c1ccccc1)c1ccccc1. The number of hydrogen-bond acceptors (Lipinski definition) is 5. The second-order valence-corrected chi connectivity index (χ2v) is 16.6. The summed E-state index contributed by atoms with van der Waals surface area (Å²) < 4.78 is -0.712. The number of thioether (sulfide) groups is 1. The first-order valence-corrected chi connectivity index (χ1v) is 18.2. The largest absolute Gasteiger partial charge is 0.324 e. The van der Waals surface area contributed by atoms with Crippen molar-refractivity contribution in [3.05, 3.63) is 144 Å². The van der Waals surface area contributed by atoms with Gasteiger partial charge < -0.3 is 4.90 Å². The Labute approximate surface area is 265 Å². The summed E-state index contributed by atoms with van der Waals surface area (Å²) in [6.07, 6.45) is 1.55. The molecule has 5 aromatic rings. The van der Waals surface area contributed by atoms with Gasteiger partial charge in [0, 0.05) is 5.54 Å². The van der Waals surface area contributed by atoms with Crippen molar-refractivity contribution in [1.82, 2.24) is 14.9 Å². The Kier molecular flexibility index (Phi) is 7.80. The molecule has 1 aliphatic rings. The summed E-state index contributed by atoms with van der Waals surface area (Å²) in [7, 11) is -1.57. The molecule has 1 aromatic heterocycles. The molecule has 2 unspecified atom stereocenters. The third-order valence-corrected chi connectivity index (χ3v) is 12.9. The van der Waals surface area contributed by atoms with E-state index in [0.29, 0.717) is 5.52 Å². The molecule has 1 radical (unpaired) electrons. The van der Waals surface area contributed by atoms with Gasteiger partial charge in [0.1, 0.15) is 10.7 Å². The van der Waals surface area contributed by atoms with E-state index in [1.165, 1.54) is 0 Å². The van der Waals surface area contributed by atoms with Crippen LogP contribution in [0.4, 0.5) is 0 Å². The second-order valence-electron chi connectivity index (χ2n) is 12.5. The highest BCUT2D eigenvalue weighted by Crippen LogP contribution is 2.63. The van der Waals surface area contributed by atoms with Crippen LogP contribution in [-0.4, -0.2) is 46.3 Å². The molecular formula is C37H36N3O2SSi. The van der Waals surface area contributed by atoms with Gasteiger partial charge in [-0.15, -0.1) is 11.8 Å². The van der Waals surface area contributed by atoms with Crippen molar-refractivity contribution in [1.29, 1.82) is 0 Å². The van der Waals surface area contributed by atoms with E-state index in [0.717, 1.165) is 22.2 Å². The highest BCUT2D eigenvalue weighted by molar-refractivity contribution is 8.01. The van der Waals surface area contributed by atoms with Crippen LogP contribution in [0.2, 0.25) is 18.1 Å². The third-order valence-electron chi connectivity index (χ3n) is 8.54. The predicted molar refractivity (Wildman–Crippen MR) is 181 cm³/mol. The summed E-state index contributed by atoms with van der Waals surface area (Å²) in [4.78, 5) is 40.8. The zero-order valence-electron chi connectivity index (χ0n) is 25.7. The molecule has 2 heterocycles. The summed E-state index contributed by atoms with van der Waals surface area (Å²) in [5, 5.41) is -1.70. The number of fused-ring (bicyclic) bond motifs is 1. The molecule has 0 saturated carbocycles. The molecule has 7 heteroatoms. The van der Waals surface area contributed by atoms with Gasteiger partial charge in [0.05, 0.1) is 36.1 Å². The minimum absolute atomic E-state index is 0.121. The Morgan fingerprint density at radius 1 is 0.750 bits per heavy atom. The minimum Gasteiger partial charge on any atom is -0.324 e. The van der Waals surface area contributed by atoms with Gasteiger partial charge in [0.2, 0.25) is 5.91 Å². The van der Waals surface area contributed by atoms with Crippen molar-refractivity contribution in [3.8, 4) is 0 Å². The average Bonchev–Trinajstić information content (AvgIpc) is 3.03. The zero-order valence-corrected chi connectivity index (χ0v) is 27.5. The molecule has 1 aliphatic heterocycles. The van der Waals surface area contributed by atoms with Crippen LogP contribution in [0.15, 0.2) is 121 Å². The number of amides is 1. The van der Waals surface area contributed by atoms with Crippen molar-refractivity contribution >= 4 is 43.3 Å². The molecule has 1 saturated heterocycles. The maximum absolute atomic E-state index is 14.9. The van der Waals surface area contributed by atoms with Crippen LogP contribution < -0.4 is 0 Å². The first kappa shape index (κ1) is 30.0. The number of likely N-dealkylation sites (tertiary alicyclic amines) is 1. The van der Waals surface area contributed by atoms with Crippen molar-refractivity contribution in [2.75, 3.05) is 0 Å². The second kappa shape index (κ2) is 11.5. The van der Waals surface area contributed by atoms with Gasteiger partial charge >= 0.3 is 0 Å². The number of para-hydroxylation sites is 2. The Balaban J connectivity index is 1.60. The lowest BCUT2D eigenvalue weighted by Crippen LogP contribution is -2.75. The summed E-state index contributed by atoms with van der Waals surface area (Å²) in [5.41, 5.74) is 4.35. The number of nitrogens with zero attached hydrogens (tertiary/aromatic N) is 3. The zero-order chi connectivity index (χ0) is 31.1. The Morgan fingerprint density at radius 3 is 1.66 bits per heavy atom. The monoisotopic (exact) mass is 614 g/mol. The first-order valence-electron chi connectivity index (χ1n) is 14.9. The first-order chi connectivity index (χ1) is 21.1. The molecule has 44 heavy (non-hydrogen) atoms. The average molecular weight is 615 g/mol. The van der Waals surface area contributed by atoms with E-state index in [9.17, 15) is 9.59 Å². The highest BCUT2D eigenvalue weighted by atomic mass is 32.2. The van der Waals surface area contributed by atoms with Crippen LogP contribution in [0, 0.1) is 0 Å². The number of Topliss-reactive ketones (excluding diaryl/α,β-unsaturated/α-hetero) is 1. The van der Waals surface area contributed by atoms with Gasteiger partial charge in [-0.25, -0.2) is 4.98 Å². The standard InChI is InChI=1S/C37H36N3O2SSi/c1-35(2,3)40-33(42)37(44(4)5,32(41)31-25-38-29-23-15-16-24-30(29)39-31)34(40)43-36(26-17-9-6-10-18-26,27-19-11-7-12-20-27)28-21-13-8-14-22-28/h6-25,34H,1-5H3. The maximum Gasteiger partial charge on any atom is 0.237 e. The van der Waals surface area contributed by atoms with E-state index in [2.05, 4.69) is 112 Å². The van der Waals surface area contributed by atoms with Crippen LogP contribution in [0.1, 0.15) is 48.0 Å². The van der Waals surface area contributed by atoms with Crippen molar-refractivity contribution < 1.29 is 9.59 Å². The summed E-state index contributed by atoms with van der Waals surface area (Å²) in [5.74, 6) is -0.356. The van der Waals surface area contributed by atoms with Crippen molar-refractivity contribution in [3.63, 3.8) is 0 Å². The van der Waals surface area contributed by atoms with Gasteiger partial charge in [-0.1, -0.05) is 116 Å². The Hall–Kier alpha value is -4.07. The lowest BCUT2D eigenvalue weighted by atomic mass is 9.83. The molecule has 4 aromatic carbocycles. The normalized spacial score (nSPS) is 18.8. The van der Waals surface area contributed by atoms with Crippen LogP contribution in [0.25, 0.3) is 11.0 Å². The van der Waals surface area contributed by atoms with E-state index in [1.807, 2.05) is 47.4 Å². The molecule has 0 spiro atoms. The summed E-state index contributed by atoms with van der Waals surface area (Å²) >= 11 is 1.70. The number of β-lactam (4-membered cyclic amide) rings is 1. The highest BCUT2D eigenvalue weighted by Gasteiger charge is 2.71. The van der Waals surface area contributed by atoms with Gasteiger partial charge in [-0.2, -0.15) is 0 Å². The fraction of sp³-hybridized carbons (Fsp3) is 0.243. The number of carbonyl (C=O) groups is 2. The molecule has 1 fully saturated rings. The third kappa shape index (κ3) is 4.70. The number of ketones is 1. The fourth-order valence-electron chi connectivity index (χ4n) is 6.38. The lowest BCUT2D eigenvalue weighted by Gasteiger charge is -2.62. The van der Waals surface area contributed by atoms with Gasteiger partial charge in [0.25, 0.3) is 0 Å². The van der Waals surface area contributed by atoms with Gasteiger partial charge in [-0.05, 0) is 49.6 Å². The Morgan fingerprint density at radius 2 is 1.20 bits per heavy atom. The number of rotatable bonds is 8. The molecule has 2 atom stereocenters. The fourth-order valence-corrected chi connectivity index (χ4v) is 11.1. The smallest absolute Gasteiger partial charge is 0.237 e. The minimum atomic E-state index is -1.57. The topological polar surface area (TPSA) is 63.2 Å². The molecule has 5 nitrogen and oxygen atoms in total. The molecular weight excluding hydrogens is 579 g/mol. The van der Waals surface area contributed by atoms with E-state index in [-0.39, 0.29) is 17.4 Å². The number of hydrogen-bond donors (Lipinski definition) is 0. The lowest BCUT2D eigenvalue weighted by molar-refractivity contribution is -0.153. The number of aromatic nitrogens is 2. The molecule has 1 amide bonds. The van der Waals surface area contributed by atoms with Gasteiger partial charge in [0.15, 0.2) is 5.78 Å². The molecule has 221 valence electrons. The van der Waals surface area contributed by atoms with Crippen LogP contribution in [-0.2, 0) is 9.54 Å². The van der Waals surface area contributed by atoms with Gasteiger partial charge in [-0.3, -0.25) is 14.6 Å². The molecule has 0 bridgehead atoms. The van der Waals surface area contributed by atoms with Crippen LogP contribution >= 0.6 is 11.8 Å². The van der Waals surface area contributed by atoms with Crippen LogP contribution in [0.3, 0.4) is 0 Å². The predicted octanol–water partition coefficient (Wildman–Crippen LogP) is 8.00. The van der Waals surface area contributed by atoms with Crippen molar-refractivity contribution in [2.24, 2.45) is 0 Å². The quantitative estimate of drug-likeness (QED) is 0.0583. The van der Waals surface area contributed by atoms with Crippen LogP contribution in [0.5, 0.6) is 0 Å². The van der Waals surface area contributed by atoms with E-state index in [1.54, 1.807) is 18.0 Å². The molecule has 0 aliphatic carbocycles. The van der Waals surface area contributed by atoms with E-state index >= 15 is 0 Å². The van der Waals surface area contributed by atoms with E-state index in [4.69, 9.17) is 4.98 Å². The van der Waals surface area contributed by atoms with Crippen molar-refractivity contribution in [2.45, 2.75) is 54.6 Å². The maximum atomic E-state index is 14.9. The number of carbonyl (C=O) groups excluding carboxylic acids is 2. The number of benzene rings is 4. The molecule has 0 N–H and O–H groups in total.